The van der Waals surface area contributed by atoms with E-state index in [2.05, 4.69) is 31.7 Å². The highest BCUT2D eigenvalue weighted by Crippen LogP contribution is 2.67. The number of rotatable bonds is 5. The summed E-state index contributed by atoms with van der Waals surface area (Å²) in [6.07, 6.45) is 9.15. The maximum absolute atomic E-state index is 11.8. The number of oxime groups is 1. The summed E-state index contributed by atoms with van der Waals surface area (Å²) in [5, 5.41) is 25.0. The van der Waals surface area contributed by atoms with E-state index in [1.807, 2.05) is 0 Å². The van der Waals surface area contributed by atoms with Gasteiger partial charge >= 0.3 is 11.9 Å². The highest BCUT2D eigenvalue weighted by Gasteiger charge is 2.64. The Morgan fingerprint density at radius 1 is 1.25 bits per heavy atom. The number of nitrogens with zero attached hydrogens (tertiary/aromatic N) is 1. The molecule has 0 aromatic rings. The van der Waals surface area contributed by atoms with E-state index >= 15 is 0 Å². The maximum atomic E-state index is 11.8. The number of carbonyl (C=O) groups is 2. The van der Waals surface area contributed by atoms with Gasteiger partial charge in [-0.1, -0.05) is 31.2 Å². The van der Waals surface area contributed by atoms with Crippen LogP contribution in [-0.4, -0.2) is 33.5 Å². The van der Waals surface area contributed by atoms with Crippen LogP contribution in [-0.2, 0) is 14.4 Å². The molecule has 0 unspecified atom stereocenters. The number of carboxylic acids is 1. The second-order valence-corrected chi connectivity index (χ2v) is 10.9. The first-order valence-corrected chi connectivity index (χ1v) is 12.1. The number of aliphatic hydroxyl groups is 1. The quantitative estimate of drug-likeness (QED) is 0.359. The Kier molecular flexibility index (Phi) is 6.12. The Hall–Kier alpha value is -1.95. The lowest BCUT2D eigenvalue weighted by molar-refractivity contribution is -0.141. The minimum Gasteiger partial charge on any atom is -0.481 e. The highest BCUT2D eigenvalue weighted by atomic mass is 16.7. The number of hydrogen-bond donors (Lipinski definition) is 2. The van der Waals surface area contributed by atoms with Crippen molar-refractivity contribution >= 4 is 17.7 Å². The molecule has 3 saturated carbocycles. The topological polar surface area (TPSA) is 96.2 Å². The molecule has 4 aliphatic rings. The van der Waals surface area contributed by atoms with Gasteiger partial charge in [0.05, 0.1) is 11.3 Å². The SMILES string of the molecule is C=C(CCC(=O)O)[C@]1(O)CC[C@H]2[C@@H]3CCC4=C/C(=N/OC(C)=O)CC[C@@H]4[C@H]3[C@@H](C)C[C@@]21C. The third-order valence-corrected chi connectivity index (χ3v) is 9.28. The predicted octanol–water partition coefficient (Wildman–Crippen LogP) is 4.88. The number of carboxylic acid groups (broad SMARTS) is 1. The van der Waals surface area contributed by atoms with Crippen molar-refractivity contribution in [1.82, 2.24) is 0 Å². The molecule has 0 bridgehead atoms. The average Bonchev–Trinajstić information content (AvgIpc) is 3.01. The van der Waals surface area contributed by atoms with Gasteiger partial charge in [0.15, 0.2) is 0 Å². The van der Waals surface area contributed by atoms with Crippen LogP contribution < -0.4 is 0 Å². The third-order valence-electron chi connectivity index (χ3n) is 9.28. The molecule has 3 fully saturated rings. The maximum Gasteiger partial charge on any atom is 0.331 e. The van der Waals surface area contributed by atoms with Gasteiger partial charge in [0.25, 0.3) is 0 Å². The summed E-state index contributed by atoms with van der Waals surface area (Å²) in [7, 11) is 0. The Morgan fingerprint density at radius 3 is 2.69 bits per heavy atom. The van der Waals surface area contributed by atoms with Crippen LogP contribution in [0.1, 0.15) is 78.6 Å². The van der Waals surface area contributed by atoms with Crippen molar-refractivity contribution in [3.8, 4) is 0 Å². The van der Waals surface area contributed by atoms with E-state index in [1.165, 1.54) is 12.5 Å². The van der Waals surface area contributed by atoms with Gasteiger partial charge in [-0.15, -0.1) is 0 Å². The van der Waals surface area contributed by atoms with Gasteiger partial charge in [-0.05, 0) is 92.6 Å². The van der Waals surface area contributed by atoms with Crippen LogP contribution in [0, 0.1) is 35.0 Å². The van der Waals surface area contributed by atoms with Gasteiger partial charge in [-0.25, -0.2) is 4.79 Å². The Labute approximate surface area is 190 Å². The highest BCUT2D eigenvalue weighted by molar-refractivity contribution is 5.96. The zero-order valence-electron chi connectivity index (χ0n) is 19.6. The lowest BCUT2D eigenvalue weighted by Gasteiger charge is -2.58. The average molecular weight is 444 g/mol. The van der Waals surface area contributed by atoms with E-state index in [0.29, 0.717) is 48.0 Å². The molecule has 0 aliphatic heterocycles. The van der Waals surface area contributed by atoms with Gasteiger partial charge in [0.1, 0.15) is 0 Å². The number of fused-ring (bicyclic) bond motifs is 5. The molecule has 4 rings (SSSR count). The van der Waals surface area contributed by atoms with Crippen molar-refractivity contribution in [3.63, 3.8) is 0 Å². The summed E-state index contributed by atoms with van der Waals surface area (Å²) in [6, 6.07) is 0. The first kappa shape index (κ1) is 23.2. The molecule has 0 spiro atoms. The molecule has 0 radical (unpaired) electrons. The lowest BCUT2D eigenvalue weighted by atomic mass is 9.47. The molecule has 0 amide bonds. The molecule has 7 atom stereocenters. The summed E-state index contributed by atoms with van der Waals surface area (Å²) >= 11 is 0. The molecule has 0 aromatic heterocycles. The summed E-state index contributed by atoms with van der Waals surface area (Å²) in [4.78, 5) is 27.1. The minimum absolute atomic E-state index is 0.0248. The van der Waals surface area contributed by atoms with Crippen LogP contribution in [0.2, 0.25) is 0 Å². The van der Waals surface area contributed by atoms with Crippen molar-refractivity contribution in [3.05, 3.63) is 23.8 Å². The molecule has 2 N–H and O–H groups in total. The van der Waals surface area contributed by atoms with Crippen LogP contribution in [0.3, 0.4) is 0 Å². The predicted molar refractivity (Wildman–Crippen MR) is 122 cm³/mol. The van der Waals surface area contributed by atoms with Gasteiger partial charge in [-0.3, -0.25) is 4.79 Å². The monoisotopic (exact) mass is 443 g/mol. The normalized spacial score (nSPS) is 41.8. The third kappa shape index (κ3) is 3.74. The van der Waals surface area contributed by atoms with Crippen LogP contribution in [0.25, 0.3) is 0 Å². The molecule has 176 valence electrons. The smallest absolute Gasteiger partial charge is 0.331 e. The van der Waals surface area contributed by atoms with E-state index in [4.69, 9.17) is 9.94 Å². The van der Waals surface area contributed by atoms with E-state index in [1.54, 1.807) is 0 Å². The van der Waals surface area contributed by atoms with Gasteiger partial charge in [-0.2, -0.15) is 0 Å². The van der Waals surface area contributed by atoms with Crippen LogP contribution in [0.5, 0.6) is 0 Å². The van der Waals surface area contributed by atoms with E-state index in [-0.39, 0.29) is 17.8 Å². The number of carbonyl (C=O) groups excluding carboxylic acids is 1. The van der Waals surface area contributed by atoms with Crippen molar-refractivity contribution in [2.24, 2.45) is 40.2 Å². The first-order chi connectivity index (χ1) is 15.1. The summed E-state index contributed by atoms with van der Waals surface area (Å²) in [6.45, 7) is 10.1. The number of hydrogen-bond acceptors (Lipinski definition) is 5. The fraction of sp³-hybridized carbons (Fsp3) is 0.731. The van der Waals surface area contributed by atoms with Crippen molar-refractivity contribution in [2.45, 2.75) is 84.2 Å². The molecular formula is C26H37NO5. The Morgan fingerprint density at radius 2 is 2.00 bits per heavy atom. The van der Waals surface area contributed by atoms with Gasteiger partial charge in [0, 0.05) is 18.8 Å². The zero-order valence-corrected chi connectivity index (χ0v) is 19.6. The zero-order chi connectivity index (χ0) is 23.3. The van der Waals surface area contributed by atoms with Crippen molar-refractivity contribution < 1.29 is 24.6 Å². The van der Waals surface area contributed by atoms with Gasteiger partial charge in [0.2, 0.25) is 0 Å². The number of allylic oxidation sites excluding steroid dienone is 2. The van der Waals surface area contributed by atoms with E-state index in [9.17, 15) is 14.7 Å². The fourth-order valence-electron chi connectivity index (χ4n) is 8.02. The molecule has 6 heteroatoms. The van der Waals surface area contributed by atoms with Crippen LogP contribution >= 0.6 is 0 Å². The molecule has 32 heavy (non-hydrogen) atoms. The number of aliphatic carboxylic acids is 1. The largest absolute Gasteiger partial charge is 0.481 e. The second kappa shape index (κ2) is 8.44. The van der Waals surface area contributed by atoms with E-state index in [0.717, 1.165) is 44.2 Å². The molecule has 6 nitrogen and oxygen atoms in total. The molecule has 0 aromatic carbocycles. The fourth-order valence-corrected chi connectivity index (χ4v) is 8.02. The lowest BCUT2D eigenvalue weighted by Crippen LogP contribution is -2.55. The standard InChI is InChI=1S/C26H37NO5/c1-15-14-25(4)22(11-12-26(25,31)16(2)5-10-23(29)30)21-8-6-18-13-19(27-32-17(3)28)7-9-20(18)24(15)21/h13,15,20-22,24,31H,2,5-12,14H2,1,3-4H3,(H,29,30)/b27-19+/t15-,20-,21-,22-,24+,25-,26+/m0/s1. The van der Waals surface area contributed by atoms with Gasteiger partial charge < -0.3 is 15.1 Å². The van der Waals surface area contributed by atoms with Crippen molar-refractivity contribution in [1.29, 1.82) is 0 Å². The second-order valence-electron chi connectivity index (χ2n) is 10.9. The Bertz CT molecular complexity index is 875. The molecule has 0 saturated heterocycles. The van der Waals surface area contributed by atoms with Crippen molar-refractivity contribution in [2.75, 3.05) is 0 Å². The first-order valence-electron chi connectivity index (χ1n) is 12.1. The molecular weight excluding hydrogens is 406 g/mol. The van der Waals surface area contributed by atoms with Crippen LogP contribution in [0.15, 0.2) is 29.0 Å². The molecule has 4 aliphatic carbocycles. The van der Waals surface area contributed by atoms with Crippen LogP contribution in [0.4, 0.5) is 0 Å². The molecule has 0 heterocycles. The minimum atomic E-state index is -0.973. The summed E-state index contributed by atoms with van der Waals surface area (Å²) in [5.74, 6) is 1.38. The Balaban J connectivity index is 1.56. The summed E-state index contributed by atoms with van der Waals surface area (Å²) < 4.78 is 0. The van der Waals surface area contributed by atoms with E-state index < -0.39 is 11.6 Å². The summed E-state index contributed by atoms with van der Waals surface area (Å²) in [5.41, 5.74) is 1.79.